The molecule has 1 N–H and O–H groups in total. The van der Waals surface area contributed by atoms with Gasteiger partial charge in [0, 0.05) is 17.3 Å². The summed E-state index contributed by atoms with van der Waals surface area (Å²) in [6, 6.07) is 18.0. The number of hydrogen-bond donors (Lipinski definition) is 1. The molecule has 6 rings (SSSR count). The lowest BCUT2D eigenvalue weighted by Gasteiger charge is -2.33. The van der Waals surface area contributed by atoms with Crippen LogP contribution in [0.4, 0.5) is 10.1 Å². The molecule has 2 aliphatic carbocycles. The lowest BCUT2D eigenvalue weighted by Crippen LogP contribution is -2.48. The third-order valence-electron chi connectivity index (χ3n) is 9.53. The van der Waals surface area contributed by atoms with Crippen molar-refractivity contribution in [2.75, 3.05) is 19.1 Å². The highest BCUT2D eigenvalue weighted by atomic mass is 19.1. The van der Waals surface area contributed by atoms with E-state index in [-0.39, 0.29) is 18.5 Å². The van der Waals surface area contributed by atoms with E-state index in [1.807, 2.05) is 12.1 Å². The van der Waals surface area contributed by atoms with Gasteiger partial charge >= 0.3 is 0 Å². The fourth-order valence-electron chi connectivity index (χ4n) is 6.97. The molecule has 1 atom stereocenters. The molecule has 11 heteroatoms. The van der Waals surface area contributed by atoms with Crippen LogP contribution in [-0.4, -0.2) is 52.3 Å². The maximum Gasteiger partial charge on any atom is 0.251 e. The predicted molar refractivity (Wildman–Crippen MR) is 180 cm³/mol. The summed E-state index contributed by atoms with van der Waals surface area (Å²) in [4.78, 5) is 31.3. The predicted octanol–water partition coefficient (Wildman–Crippen LogP) is 6.77. The number of methoxy groups -OCH3 is 2. The lowest BCUT2D eigenvalue weighted by atomic mass is 9.84. The van der Waals surface area contributed by atoms with E-state index in [4.69, 9.17) is 9.47 Å². The largest absolute Gasteiger partial charge is 0.493 e. The van der Waals surface area contributed by atoms with E-state index in [0.29, 0.717) is 40.1 Å². The second-order valence-electron chi connectivity index (χ2n) is 12.7. The molecule has 1 heterocycles. The van der Waals surface area contributed by atoms with Crippen molar-refractivity contribution < 1.29 is 23.5 Å². The van der Waals surface area contributed by atoms with E-state index in [0.717, 1.165) is 44.9 Å². The van der Waals surface area contributed by atoms with Crippen LogP contribution in [0.25, 0.3) is 11.4 Å². The fourth-order valence-corrected chi connectivity index (χ4v) is 6.97. The van der Waals surface area contributed by atoms with Gasteiger partial charge in [0.15, 0.2) is 11.5 Å². The van der Waals surface area contributed by atoms with E-state index < -0.39 is 17.8 Å². The molecule has 0 bridgehead atoms. The topological polar surface area (TPSA) is 111 Å². The van der Waals surface area contributed by atoms with Crippen molar-refractivity contribution in [3.05, 3.63) is 83.7 Å². The third kappa shape index (κ3) is 7.67. The minimum atomic E-state index is -1.05. The Kier molecular flexibility index (Phi) is 10.6. The molecule has 4 aromatic rings. The van der Waals surface area contributed by atoms with E-state index in [2.05, 4.69) is 32.9 Å². The standard InChI is InChI=1S/C37H43FN6O4/c1-47-32-22-17-28(23-33(32)48-2)36-40-42-43(41-36)24-34(45)44(31-20-15-26(16-21-31)25-9-5-3-6-10-25)35(27-13-18-29(38)19-14-27)37(46)39-30-11-7-4-8-12-30/h13-23,25,30,35H,3-12,24H2,1-2H3,(H,39,46)/t35-/m1/s1. The average molecular weight is 655 g/mol. The van der Waals surface area contributed by atoms with Crippen LogP contribution in [0.2, 0.25) is 0 Å². The van der Waals surface area contributed by atoms with Crippen molar-refractivity contribution in [1.29, 1.82) is 0 Å². The van der Waals surface area contributed by atoms with Crippen molar-refractivity contribution in [2.45, 2.75) is 88.8 Å². The minimum Gasteiger partial charge on any atom is -0.493 e. The molecule has 0 spiro atoms. The van der Waals surface area contributed by atoms with Crippen LogP contribution in [0.15, 0.2) is 66.7 Å². The number of anilines is 1. The Balaban J connectivity index is 1.34. The molecule has 2 aliphatic rings. The summed E-state index contributed by atoms with van der Waals surface area (Å²) >= 11 is 0. The zero-order chi connectivity index (χ0) is 33.5. The first-order valence-electron chi connectivity index (χ1n) is 16.9. The molecule has 0 saturated heterocycles. The molecular formula is C37H43FN6O4. The van der Waals surface area contributed by atoms with Crippen molar-refractivity contribution >= 4 is 17.5 Å². The van der Waals surface area contributed by atoms with Crippen molar-refractivity contribution in [3.8, 4) is 22.9 Å². The van der Waals surface area contributed by atoms with Gasteiger partial charge in [-0.1, -0.05) is 62.8 Å². The number of nitrogens with zero attached hydrogens (tertiary/aromatic N) is 5. The molecule has 3 aromatic carbocycles. The summed E-state index contributed by atoms with van der Waals surface area (Å²) < 4.78 is 24.9. The first-order valence-corrected chi connectivity index (χ1v) is 16.9. The second kappa shape index (κ2) is 15.4. The minimum absolute atomic E-state index is 0.0147. The smallest absolute Gasteiger partial charge is 0.251 e. The normalized spacial score (nSPS) is 16.2. The van der Waals surface area contributed by atoms with Crippen LogP contribution < -0.4 is 19.7 Å². The van der Waals surface area contributed by atoms with Crippen LogP contribution in [0.3, 0.4) is 0 Å². The second-order valence-corrected chi connectivity index (χ2v) is 12.7. The number of halogens is 1. The number of carbonyl (C=O) groups is 2. The van der Waals surface area contributed by atoms with Crippen molar-refractivity contribution in [3.63, 3.8) is 0 Å². The van der Waals surface area contributed by atoms with Crippen LogP contribution in [0.5, 0.6) is 11.5 Å². The fraction of sp³-hybridized carbons (Fsp3) is 0.432. The summed E-state index contributed by atoms with van der Waals surface area (Å²) in [5, 5.41) is 16.1. The number of rotatable bonds is 11. The van der Waals surface area contributed by atoms with Gasteiger partial charge in [-0.2, -0.15) is 4.80 Å². The molecule has 2 fully saturated rings. The molecule has 0 unspecified atom stereocenters. The van der Waals surface area contributed by atoms with Gasteiger partial charge in [0.25, 0.3) is 5.91 Å². The monoisotopic (exact) mass is 654 g/mol. The van der Waals surface area contributed by atoms with E-state index >= 15 is 0 Å². The first kappa shape index (κ1) is 33.1. The maximum absolute atomic E-state index is 14.4. The number of aromatic nitrogens is 4. The summed E-state index contributed by atoms with van der Waals surface area (Å²) in [7, 11) is 3.10. The number of tetrazole rings is 1. The molecule has 1 aromatic heterocycles. The number of hydrogen-bond acceptors (Lipinski definition) is 7. The third-order valence-corrected chi connectivity index (χ3v) is 9.53. The maximum atomic E-state index is 14.4. The molecule has 0 aliphatic heterocycles. The SMILES string of the molecule is COc1ccc(-c2nnn(CC(=O)N(c3ccc(C4CCCCC4)cc3)[C@@H](C(=O)NC3CCCCC3)c3ccc(F)cc3)n2)cc1OC. The number of nitrogens with one attached hydrogen (secondary N) is 1. The highest BCUT2D eigenvalue weighted by Gasteiger charge is 2.35. The molecule has 48 heavy (non-hydrogen) atoms. The summed E-state index contributed by atoms with van der Waals surface area (Å²) in [5.74, 6) is 0.713. The molecule has 2 amide bonds. The van der Waals surface area contributed by atoms with Crippen LogP contribution in [0, 0.1) is 5.82 Å². The van der Waals surface area contributed by atoms with E-state index in [1.54, 1.807) is 44.6 Å². The highest BCUT2D eigenvalue weighted by Crippen LogP contribution is 2.36. The number of amides is 2. The zero-order valence-electron chi connectivity index (χ0n) is 27.6. The van der Waals surface area contributed by atoms with Gasteiger partial charge in [-0.05, 0) is 90.4 Å². The Bertz CT molecular complexity index is 1680. The summed E-state index contributed by atoms with van der Waals surface area (Å²) in [5.41, 5.74) is 2.94. The Labute approximate surface area is 280 Å². The van der Waals surface area contributed by atoms with Gasteiger partial charge in [-0.25, -0.2) is 4.39 Å². The van der Waals surface area contributed by atoms with Crippen LogP contribution in [-0.2, 0) is 16.1 Å². The molecule has 2 saturated carbocycles. The van der Waals surface area contributed by atoms with Gasteiger partial charge in [0.05, 0.1) is 14.2 Å². The average Bonchev–Trinajstić information content (AvgIpc) is 3.60. The zero-order valence-corrected chi connectivity index (χ0v) is 27.6. The molecular weight excluding hydrogens is 611 g/mol. The van der Waals surface area contributed by atoms with E-state index in [9.17, 15) is 14.0 Å². The van der Waals surface area contributed by atoms with E-state index in [1.165, 1.54) is 46.7 Å². The Morgan fingerprint density at radius 1 is 0.875 bits per heavy atom. The Morgan fingerprint density at radius 2 is 1.54 bits per heavy atom. The molecule has 10 nitrogen and oxygen atoms in total. The van der Waals surface area contributed by atoms with Crippen molar-refractivity contribution in [1.82, 2.24) is 25.5 Å². The highest BCUT2D eigenvalue weighted by molar-refractivity contribution is 6.01. The number of ether oxygens (including phenoxy) is 2. The summed E-state index contributed by atoms with van der Waals surface area (Å²) in [6.07, 6.45) is 11.0. The van der Waals surface area contributed by atoms with Crippen molar-refractivity contribution in [2.24, 2.45) is 0 Å². The van der Waals surface area contributed by atoms with Gasteiger partial charge < -0.3 is 14.8 Å². The molecule has 252 valence electrons. The first-order chi connectivity index (χ1) is 23.4. The molecule has 0 radical (unpaired) electrons. The summed E-state index contributed by atoms with van der Waals surface area (Å²) in [6.45, 7) is -0.279. The number of benzene rings is 3. The Morgan fingerprint density at radius 3 is 2.21 bits per heavy atom. The van der Waals surface area contributed by atoms with Gasteiger partial charge in [0.1, 0.15) is 18.4 Å². The quantitative estimate of drug-likeness (QED) is 0.190. The lowest BCUT2D eigenvalue weighted by molar-refractivity contribution is -0.127. The van der Waals surface area contributed by atoms with Gasteiger partial charge in [-0.15, -0.1) is 10.2 Å². The Hall–Kier alpha value is -4.80. The van der Waals surface area contributed by atoms with Gasteiger partial charge in [-0.3, -0.25) is 14.5 Å². The number of carbonyl (C=O) groups excluding carboxylic acids is 2. The van der Waals surface area contributed by atoms with Gasteiger partial charge in [0.2, 0.25) is 11.7 Å². The van der Waals surface area contributed by atoms with Crippen LogP contribution in [0.1, 0.15) is 87.3 Å². The van der Waals surface area contributed by atoms with Crippen LogP contribution >= 0.6 is 0 Å².